The van der Waals surface area contributed by atoms with Gasteiger partial charge in [-0.25, -0.2) is 4.79 Å². The summed E-state index contributed by atoms with van der Waals surface area (Å²) in [6, 6.07) is -0.428. The van der Waals surface area contributed by atoms with Crippen LogP contribution in [0.4, 0.5) is 4.79 Å². The highest BCUT2D eigenvalue weighted by Gasteiger charge is 2.27. The first kappa shape index (κ1) is 13.6. The topological polar surface area (TPSA) is 99.1 Å². The van der Waals surface area contributed by atoms with Crippen LogP contribution >= 0.6 is 0 Å². The van der Waals surface area contributed by atoms with E-state index in [1.54, 1.807) is 20.8 Å². The van der Waals surface area contributed by atoms with Crippen LogP contribution in [-0.4, -0.2) is 36.9 Å². The highest BCUT2D eigenvalue weighted by atomic mass is 16.6. The molecule has 2 atom stereocenters. The van der Waals surface area contributed by atoms with Crippen molar-refractivity contribution >= 4 is 6.09 Å². The van der Waals surface area contributed by atoms with E-state index in [9.17, 15) is 4.79 Å². The van der Waals surface area contributed by atoms with E-state index in [2.05, 4.69) is 20.7 Å². The predicted octanol–water partition coefficient (Wildman–Crippen LogP) is 1.55. The summed E-state index contributed by atoms with van der Waals surface area (Å²) in [7, 11) is 0. The molecule has 0 spiro atoms. The Morgan fingerprint density at radius 2 is 2.29 bits per heavy atom. The normalized spacial score (nSPS) is 24.6. The van der Waals surface area contributed by atoms with Crippen molar-refractivity contribution in [1.29, 1.82) is 0 Å². The minimum Gasteiger partial charge on any atom is -0.444 e. The molecule has 7 nitrogen and oxygen atoms in total. The lowest BCUT2D eigenvalue weighted by Gasteiger charge is -2.30. The predicted molar refractivity (Wildman–Crippen MR) is 63.6 cm³/mol. The van der Waals surface area contributed by atoms with Gasteiger partial charge in [0.25, 0.3) is 0 Å². The summed E-state index contributed by atoms with van der Waals surface area (Å²) in [5, 5.41) is 9.54. The highest BCUT2D eigenvalue weighted by Crippen LogP contribution is 2.11. The van der Waals surface area contributed by atoms with Crippen molar-refractivity contribution in [3.05, 3.63) is 10.4 Å². The van der Waals surface area contributed by atoms with Crippen LogP contribution in [0.2, 0.25) is 0 Å². The lowest BCUT2D eigenvalue weighted by Crippen LogP contribution is -2.53. The fourth-order valence-electron chi connectivity index (χ4n) is 1.66. The number of amides is 1. The number of ether oxygens (including phenoxy) is 1. The monoisotopic (exact) mass is 241 g/mol. The van der Waals surface area contributed by atoms with Crippen molar-refractivity contribution in [1.82, 2.24) is 10.6 Å². The molecule has 1 saturated heterocycles. The Morgan fingerprint density at radius 3 is 2.88 bits per heavy atom. The van der Waals surface area contributed by atoms with E-state index < -0.39 is 11.7 Å². The van der Waals surface area contributed by atoms with Gasteiger partial charge in [-0.1, -0.05) is 5.11 Å². The Balaban J connectivity index is 2.53. The van der Waals surface area contributed by atoms with Crippen molar-refractivity contribution < 1.29 is 9.53 Å². The van der Waals surface area contributed by atoms with Gasteiger partial charge >= 0.3 is 6.09 Å². The molecule has 1 fully saturated rings. The smallest absolute Gasteiger partial charge is 0.407 e. The van der Waals surface area contributed by atoms with Crippen LogP contribution in [0.25, 0.3) is 10.4 Å². The summed E-state index contributed by atoms with van der Waals surface area (Å²) in [6.45, 7) is 6.78. The van der Waals surface area contributed by atoms with Crippen molar-refractivity contribution in [2.75, 3.05) is 13.1 Å². The lowest BCUT2D eigenvalue weighted by atomic mass is 10.0. The minimum atomic E-state index is -0.528. The third-order valence-corrected chi connectivity index (χ3v) is 2.35. The van der Waals surface area contributed by atoms with Gasteiger partial charge in [-0.3, -0.25) is 0 Å². The molecule has 1 heterocycles. The summed E-state index contributed by atoms with van der Waals surface area (Å²) in [5.41, 5.74) is 7.92. The summed E-state index contributed by atoms with van der Waals surface area (Å²) in [5.74, 6) is 0. The van der Waals surface area contributed by atoms with Crippen LogP contribution < -0.4 is 10.6 Å². The maximum absolute atomic E-state index is 11.6. The molecule has 0 aromatic heterocycles. The van der Waals surface area contributed by atoms with Crippen molar-refractivity contribution in [3.8, 4) is 0 Å². The van der Waals surface area contributed by atoms with Crippen molar-refractivity contribution in [3.63, 3.8) is 0 Å². The van der Waals surface area contributed by atoms with Gasteiger partial charge in [-0.05, 0) is 39.3 Å². The standard InChI is InChI=1S/C10H19N5O2/c1-10(2,3)17-9(16)13-8-6-12-5-4-7(8)14-15-11/h7-8,12H,4-6H2,1-3H3,(H,13,16)/t7-,8+/m0/s1. The molecule has 0 aromatic carbocycles. The molecule has 0 aromatic rings. The second kappa shape index (κ2) is 5.75. The SMILES string of the molecule is CC(C)(C)OC(=O)N[C@@H]1CNCC[C@@H]1N=[N+]=[N-]. The highest BCUT2D eigenvalue weighted by molar-refractivity contribution is 5.68. The first-order valence-corrected chi connectivity index (χ1v) is 5.67. The van der Waals surface area contributed by atoms with E-state index in [-0.39, 0.29) is 12.1 Å². The molecule has 0 aliphatic carbocycles. The number of nitrogens with zero attached hydrogens (tertiary/aromatic N) is 3. The quantitative estimate of drug-likeness (QED) is 0.436. The molecule has 96 valence electrons. The minimum absolute atomic E-state index is 0.213. The molecule has 7 heteroatoms. The number of nitrogens with one attached hydrogen (secondary N) is 2. The third-order valence-electron chi connectivity index (χ3n) is 2.35. The summed E-state index contributed by atoms with van der Waals surface area (Å²) < 4.78 is 5.15. The number of piperidine rings is 1. The zero-order chi connectivity index (χ0) is 12.9. The number of azide groups is 1. The Bertz CT molecular complexity index is 319. The van der Waals surface area contributed by atoms with Crippen LogP contribution in [0.3, 0.4) is 0 Å². The first-order chi connectivity index (χ1) is 7.92. The Hall–Kier alpha value is -1.46. The fourth-order valence-corrected chi connectivity index (χ4v) is 1.66. The van der Waals surface area contributed by atoms with E-state index in [0.717, 1.165) is 6.54 Å². The van der Waals surface area contributed by atoms with Crippen LogP contribution in [-0.2, 0) is 4.74 Å². The number of rotatable bonds is 2. The maximum Gasteiger partial charge on any atom is 0.407 e. The van der Waals surface area contributed by atoms with Crippen LogP contribution in [0.5, 0.6) is 0 Å². The van der Waals surface area contributed by atoms with Gasteiger partial charge in [0.1, 0.15) is 5.60 Å². The number of hydrogen-bond acceptors (Lipinski definition) is 4. The van der Waals surface area contributed by atoms with Gasteiger partial charge in [0.15, 0.2) is 0 Å². The fraction of sp³-hybridized carbons (Fsp3) is 0.900. The molecule has 0 bridgehead atoms. The number of alkyl carbamates (subject to hydrolysis) is 1. The van der Waals surface area contributed by atoms with E-state index in [0.29, 0.717) is 13.0 Å². The van der Waals surface area contributed by atoms with Gasteiger partial charge in [0.05, 0.1) is 12.1 Å². The molecular weight excluding hydrogens is 222 g/mol. The summed E-state index contributed by atoms with van der Waals surface area (Å²) in [6.07, 6.45) is 0.231. The number of carbonyl (C=O) groups excluding carboxylic acids is 1. The molecule has 1 amide bonds. The molecule has 1 aliphatic rings. The van der Waals surface area contributed by atoms with E-state index in [1.165, 1.54) is 0 Å². The summed E-state index contributed by atoms with van der Waals surface area (Å²) >= 11 is 0. The molecule has 0 unspecified atom stereocenters. The summed E-state index contributed by atoms with van der Waals surface area (Å²) in [4.78, 5) is 14.4. The van der Waals surface area contributed by atoms with E-state index >= 15 is 0 Å². The molecule has 0 radical (unpaired) electrons. The largest absolute Gasteiger partial charge is 0.444 e. The van der Waals surface area contributed by atoms with Gasteiger partial charge in [-0.2, -0.15) is 0 Å². The Morgan fingerprint density at radius 1 is 1.59 bits per heavy atom. The van der Waals surface area contributed by atoms with Gasteiger partial charge in [0.2, 0.25) is 0 Å². The van der Waals surface area contributed by atoms with Crippen molar-refractivity contribution in [2.45, 2.75) is 44.9 Å². The van der Waals surface area contributed by atoms with Gasteiger partial charge < -0.3 is 15.4 Å². The van der Waals surface area contributed by atoms with Crippen LogP contribution in [0.1, 0.15) is 27.2 Å². The number of carbonyl (C=O) groups is 1. The Kier molecular flexibility index (Phi) is 4.60. The lowest BCUT2D eigenvalue weighted by molar-refractivity contribution is 0.0490. The van der Waals surface area contributed by atoms with Crippen molar-refractivity contribution in [2.24, 2.45) is 5.11 Å². The van der Waals surface area contributed by atoms with E-state index in [4.69, 9.17) is 10.3 Å². The maximum atomic E-state index is 11.6. The molecule has 17 heavy (non-hydrogen) atoms. The zero-order valence-electron chi connectivity index (χ0n) is 10.4. The van der Waals surface area contributed by atoms with Crippen LogP contribution in [0, 0.1) is 0 Å². The second-order valence-electron chi connectivity index (χ2n) is 5.02. The molecule has 2 N–H and O–H groups in total. The zero-order valence-corrected chi connectivity index (χ0v) is 10.4. The van der Waals surface area contributed by atoms with Gasteiger partial charge in [0, 0.05) is 11.5 Å². The molecule has 1 rings (SSSR count). The van der Waals surface area contributed by atoms with Gasteiger partial charge in [-0.15, -0.1) is 0 Å². The second-order valence-corrected chi connectivity index (χ2v) is 5.02. The average molecular weight is 241 g/mol. The van der Waals surface area contributed by atoms with Crippen LogP contribution in [0.15, 0.2) is 5.11 Å². The number of hydrogen-bond donors (Lipinski definition) is 2. The van der Waals surface area contributed by atoms with E-state index in [1.807, 2.05) is 0 Å². The average Bonchev–Trinajstić information content (AvgIpc) is 2.18. The molecular formula is C10H19N5O2. The third kappa shape index (κ3) is 4.93. The molecule has 0 saturated carbocycles. The Labute approximate surface area is 101 Å². The molecule has 1 aliphatic heterocycles. The first-order valence-electron chi connectivity index (χ1n) is 5.67.